The first-order valence-corrected chi connectivity index (χ1v) is 12.3. The Bertz CT molecular complexity index is 1300. The summed E-state index contributed by atoms with van der Waals surface area (Å²) in [5.74, 6) is -1.58. The Morgan fingerprint density at radius 2 is 1.86 bits per heavy atom. The van der Waals surface area contributed by atoms with Gasteiger partial charge in [-0.2, -0.15) is 18.4 Å². The van der Waals surface area contributed by atoms with Crippen LogP contribution in [0.3, 0.4) is 0 Å². The highest BCUT2D eigenvalue weighted by atomic mass is 32.1. The number of carbonyl (C=O) groups is 2. The average Bonchev–Trinajstić information content (AvgIpc) is 3.43. The summed E-state index contributed by atoms with van der Waals surface area (Å²) in [5.41, 5.74) is -2.72. The summed E-state index contributed by atoms with van der Waals surface area (Å²) in [6.45, 7) is 0.609. The number of aliphatic hydroxyl groups is 1. The summed E-state index contributed by atoms with van der Waals surface area (Å²) in [6.07, 6.45) is -2.72. The predicted molar refractivity (Wildman–Crippen MR) is 131 cm³/mol. The monoisotopic (exact) mass is 528 g/mol. The Morgan fingerprint density at radius 3 is 2.46 bits per heavy atom. The second-order valence-electron chi connectivity index (χ2n) is 8.89. The Hall–Kier alpha value is -3.75. The van der Waals surface area contributed by atoms with E-state index in [-0.39, 0.29) is 18.0 Å². The van der Waals surface area contributed by atoms with Gasteiger partial charge in [0, 0.05) is 36.5 Å². The van der Waals surface area contributed by atoms with Crippen LogP contribution < -0.4 is 5.32 Å². The van der Waals surface area contributed by atoms with Gasteiger partial charge in [0.05, 0.1) is 29.0 Å². The third-order valence-electron chi connectivity index (χ3n) is 6.55. The van der Waals surface area contributed by atoms with Crippen molar-refractivity contribution < 1.29 is 27.9 Å². The van der Waals surface area contributed by atoms with Crippen molar-refractivity contribution in [3.8, 4) is 6.07 Å². The van der Waals surface area contributed by atoms with Gasteiger partial charge in [0.1, 0.15) is 5.60 Å². The normalized spacial score (nSPS) is 16.0. The lowest BCUT2D eigenvalue weighted by Gasteiger charge is -2.40. The number of rotatable bonds is 6. The number of carbonyl (C=O) groups excluding carboxylic acids is 2. The van der Waals surface area contributed by atoms with Gasteiger partial charge in [-0.25, -0.2) is 4.37 Å². The fraction of sp³-hybridized carbons (Fsp3) is 0.308. The molecule has 2 aromatic carbocycles. The van der Waals surface area contributed by atoms with Crippen LogP contribution in [-0.2, 0) is 17.4 Å². The molecule has 3 aromatic rings. The minimum absolute atomic E-state index is 0.0604. The van der Waals surface area contributed by atoms with Crippen molar-refractivity contribution in [3.05, 3.63) is 82.4 Å². The first-order chi connectivity index (χ1) is 17.6. The van der Waals surface area contributed by atoms with E-state index in [1.54, 1.807) is 40.6 Å². The molecule has 0 bridgehead atoms. The molecule has 1 aliphatic rings. The fourth-order valence-corrected chi connectivity index (χ4v) is 5.07. The number of hydrogen-bond acceptors (Lipinski definition) is 6. The molecule has 2 amide bonds. The van der Waals surface area contributed by atoms with E-state index in [1.807, 2.05) is 0 Å². The van der Waals surface area contributed by atoms with Crippen molar-refractivity contribution >= 4 is 29.0 Å². The molecule has 1 aliphatic heterocycles. The number of piperidine rings is 1. The lowest BCUT2D eigenvalue weighted by Crippen LogP contribution is -2.54. The molecular weight excluding hydrogens is 505 g/mol. The summed E-state index contributed by atoms with van der Waals surface area (Å²) in [7, 11) is 0. The predicted octanol–water partition coefficient (Wildman–Crippen LogP) is 4.50. The summed E-state index contributed by atoms with van der Waals surface area (Å²) in [6, 6.07) is 13.2. The van der Waals surface area contributed by atoms with E-state index in [4.69, 9.17) is 5.26 Å². The second kappa shape index (κ2) is 10.7. The molecule has 0 radical (unpaired) electrons. The molecule has 11 heteroatoms. The molecule has 0 saturated carbocycles. The van der Waals surface area contributed by atoms with Crippen LogP contribution in [0.15, 0.2) is 60.1 Å². The number of aromatic nitrogens is 1. The highest BCUT2D eigenvalue weighted by Gasteiger charge is 2.46. The molecule has 1 atom stereocenters. The van der Waals surface area contributed by atoms with Crippen LogP contribution in [0.25, 0.3) is 0 Å². The average molecular weight is 529 g/mol. The molecule has 2 N–H and O–H groups in total. The summed E-state index contributed by atoms with van der Waals surface area (Å²) in [5, 5.41) is 24.9. The topological polar surface area (TPSA) is 106 Å². The van der Waals surface area contributed by atoms with Crippen molar-refractivity contribution in [2.24, 2.45) is 5.92 Å². The molecule has 1 saturated heterocycles. The highest BCUT2D eigenvalue weighted by molar-refractivity contribution is 7.03. The van der Waals surface area contributed by atoms with Crippen LogP contribution >= 0.6 is 11.5 Å². The number of nitrogens with zero attached hydrogens (tertiary/aromatic N) is 3. The van der Waals surface area contributed by atoms with E-state index in [0.29, 0.717) is 43.1 Å². The molecule has 7 nitrogen and oxygen atoms in total. The number of benzene rings is 2. The smallest absolute Gasteiger partial charge is 0.379 e. The zero-order valence-corrected chi connectivity index (χ0v) is 20.4. The van der Waals surface area contributed by atoms with Crippen molar-refractivity contribution in [2.75, 3.05) is 18.4 Å². The Labute approximate surface area is 215 Å². The molecular formula is C26H23F3N4O3S. The molecule has 0 spiro atoms. The van der Waals surface area contributed by atoms with Crippen LogP contribution in [0, 0.1) is 17.2 Å². The number of nitriles is 1. The number of halogens is 3. The van der Waals surface area contributed by atoms with Gasteiger partial charge >= 0.3 is 6.18 Å². The van der Waals surface area contributed by atoms with Crippen LogP contribution in [0.5, 0.6) is 0 Å². The van der Waals surface area contributed by atoms with Gasteiger partial charge in [-0.3, -0.25) is 9.59 Å². The van der Waals surface area contributed by atoms with Gasteiger partial charge < -0.3 is 15.3 Å². The number of alkyl halides is 3. The van der Waals surface area contributed by atoms with Gasteiger partial charge in [-0.15, -0.1) is 0 Å². The van der Waals surface area contributed by atoms with Crippen molar-refractivity contribution in [2.45, 2.75) is 31.0 Å². The SMILES string of the molecule is N#Cc1ccc(NC(=O)C(O)(Cc2ccccc2)C2CCN(C(=O)c3cnsc3)CC2)cc1C(F)(F)F. The molecule has 2 heterocycles. The van der Waals surface area contributed by atoms with Crippen LogP contribution in [0.2, 0.25) is 0 Å². The van der Waals surface area contributed by atoms with Crippen molar-refractivity contribution in [1.82, 2.24) is 9.27 Å². The van der Waals surface area contributed by atoms with E-state index in [0.717, 1.165) is 6.07 Å². The second-order valence-corrected chi connectivity index (χ2v) is 9.55. The molecule has 1 unspecified atom stereocenters. The molecule has 192 valence electrons. The van der Waals surface area contributed by atoms with Gasteiger partial charge in [-0.05, 0) is 48.1 Å². The Balaban J connectivity index is 1.57. The van der Waals surface area contributed by atoms with E-state index in [1.165, 1.54) is 29.9 Å². The minimum atomic E-state index is -4.79. The van der Waals surface area contributed by atoms with Gasteiger partial charge in [0.15, 0.2) is 0 Å². The molecule has 1 aromatic heterocycles. The Morgan fingerprint density at radius 1 is 1.16 bits per heavy atom. The standard InChI is InChI=1S/C26H23F3N4O3S/c27-26(28,29)22-12-21(7-6-18(22)14-30)32-24(35)25(36,13-17-4-2-1-3-5-17)20-8-10-33(11-9-20)23(34)19-15-31-37-16-19/h1-7,12,15-16,20,36H,8-11,13H2,(H,32,35). The Kier molecular flexibility index (Phi) is 7.61. The number of amides is 2. The maximum atomic E-state index is 13.5. The zero-order chi connectivity index (χ0) is 26.6. The first-order valence-electron chi connectivity index (χ1n) is 11.5. The maximum Gasteiger partial charge on any atom is 0.417 e. The molecule has 1 fully saturated rings. The summed E-state index contributed by atoms with van der Waals surface area (Å²) in [4.78, 5) is 27.8. The molecule has 37 heavy (non-hydrogen) atoms. The van der Waals surface area contributed by atoms with E-state index in [2.05, 4.69) is 9.69 Å². The van der Waals surface area contributed by atoms with Crippen LogP contribution in [0.1, 0.15) is 39.9 Å². The third-order valence-corrected chi connectivity index (χ3v) is 7.14. The van der Waals surface area contributed by atoms with Gasteiger partial charge in [-0.1, -0.05) is 30.3 Å². The number of likely N-dealkylation sites (tertiary alicyclic amines) is 1. The van der Waals surface area contributed by atoms with Crippen LogP contribution in [-0.4, -0.2) is 44.9 Å². The fourth-order valence-electron chi connectivity index (χ4n) is 4.56. The highest BCUT2D eigenvalue weighted by Crippen LogP contribution is 2.36. The lowest BCUT2D eigenvalue weighted by molar-refractivity contribution is -0.142. The minimum Gasteiger partial charge on any atom is -0.379 e. The third kappa shape index (κ3) is 5.81. The van der Waals surface area contributed by atoms with E-state index < -0.39 is 34.7 Å². The summed E-state index contributed by atoms with van der Waals surface area (Å²) >= 11 is 1.17. The number of nitrogens with one attached hydrogen (secondary N) is 1. The zero-order valence-electron chi connectivity index (χ0n) is 19.5. The maximum absolute atomic E-state index is 13.5. The van der Waals surface area contributed by atoms with Crippen molar-refractivity contribution in [3.63, 3.8) is 0 Å². The quantitative estimate of drug-likeness (QED) is 0.490. The van der Waals surface area contributed by atoms with Gasteiger partial charge in [0.25, 0.3) is 11.8 Å². The van der Waals surface area contributed by atoms with Crippen molar-refractivity contribution in [1.29, 1.82) is 5.26 Å². The molecule has 4 rings (SSSR count). The van der Waals surface area contributed by atoms with Crippen LogP contribution in [0.4, 0.5) is 18.9 Å². The van der Waals surface area contributed by atoms with E-state index >= 15 is 0 Å². The van der Waals surface area contributed by atoms with E-state index in [9.17, 15) is 27.9 Å². The summed E-state index contributed by atoms with van der Waals surface area (Å²) < 4.78 is 44.2. The first kappa shape index (κ1) is 26.3. The number of hydrogen-bond donors (Lipinski definition) is 2. The number of anilines is 1. The largest absolute Gasteiger partial charge is 0.417 e. The lowest BCUT2D eigenvalue weighted by atomic mass is 9.76. The van der Waals surface area contributed by atoms with Gasteiger partial charge in [0.2, 0.25) is 0 Å². The molecule has 0 aliphatic carbocycles.